The normalized spacial score (nSPS) is 15.5. The molecule has 1 aliphatic rings. The van der Waals surface area contributed by atoms with Gasteiger partial charge in [-0.05, 0) is 12.1 Å². The van der Waals surface area contributed by atoms with Gasteiger partial charge in [-0.3, -0.25) is 14.6 Å². The molecule has 0 radical (unpaired) electrons. The quantitative estimate of drug-likeness (QED) is 0.585. The van der Waals surface area contributed by atoms with Crippen LogP contribution >= 0.6 is 11.3 Å². The van der Waals surface area contributed by atoms with Crippen molar-refractivity contribution in [2.24, 2.45) is 5.92 Å². The lowest BCUT2D eigenvalue weighted by Crippen LogP contribution is -2.28. The van der Waals surface area contributed by atoms with Crippen LogP contribution in [0, 0.1) is 5.92 Å². The van der Waals surface area contributed by atoms with E-state index in [0.29, 0.717) is 28.1 Å². The van der Waals surface area contributed by atoms with Crippen LogP contribution in [0.15, 0.2) is 42.0 Å². The number of amides is 2. The van der Waals surface area contributed by atoms with Gasteiger partial charge >= 0.3 is 0 Å². The van der Waals surface area contributed by atoms with Gasteiger partial charge in [-0.25, -0.2) is 4.98 Å². The van der Waals surface area contributed by atoms with E-state index in [4.69, 9.17) is 14.2 Å². The van der Waals surface area contributed by atoms with Gasteiger partial charge < -0.3 is 24.4 Å². The lowest BCUT2D eigenvalue weighted by Gasteiger charge is -2.20. The van der Waals surface area contributed by atoms with Gasteiger partial charge in [0.2, 0.25) is 17.6 Å². The molecular weight excluding hydrogens is 432 g/mol. The number of hydrogen-bond donors (Lipinski definition) is 1. The minimum Gasteiger partial charge on any atom is -0.493 e. The fraction of sp³-hybridized carbons (Fsp3) is 0.273. The number of hydrogen-bond acceptors (Lipinski definition) is 8. The first kappa shape index (κ1) is 21.6. The van der Waals surface area contributed by atoms with Crippen molar-refractivity contribution < 1.29 is 23.8 Å². The minimum atomic E-state index is -0.507. The molecule has 0 spiro atoms. The fourth-order valence-corrected chi connectivity index (χ4v) is 4.26. The fourth-order valence-electron chi connectivity index (χ4n) is 3.54. The summed E-state index contributed by atoms with van der Waals surface area (Å²) in [6.45, 7) is 0.240. The van der Waals surface area contributed by atoms with Crippen LogP contribution in [-0.4, -0.2) is 49.7 Å². The number of aromatic nitrogens is 2. The zero-order valence-corrected chi connectivity index (χ0v) is 18.6. The molecule has 1 unspecified atom stereocenters. The Morgan fingerprint density at radius 3 is 2.56 bits per heavy atom. The molecule has 1 fully saturated rings. The molecule has 32 heavy (non-hydrogen) atoms. The Hall–Kier alpha value is -3.66. The Labute approximate surface area is 189 Å². The Morgan fingerprint density at radius 2 is 1.94 bits per heavy atom. The summed E-state index contributed by atoms with van der Waals surface area (Å²) in [4.78, 5) is 35.6. The summed E-state index contributed by atoms with van der Waals surface area (Å²) < 4.78 is 16.1. The topological polar surface area (TPSA) is 103 Å². The number of carbonyl (C=O) groups excluding carboxylic acids is 2. The van der Waals surface area contributed by atoms with E-state index in [-0.39, 0.29) is 24.8 Å². The minimum absolute atomic E-state index is 0.101. The van der Waals surface area contributed by atoms with E-state index in [1.807, 2.05) is 17.5 Å². The molecule has 9 nitrogen and oxygen atoms in total. The Balaban J connectivity index is 1.48. The molecule has 0 aliphatic carbocycles. The summed E-state index contributed by atoms with van der Waals surface area (Å²) in [5.74, 6) is 0.400. The molecule has 3 aromatic rings. The lowest BCUT2D eigenvalue weighted by molar-refractivity contribution is -0.122. The van der Waals surface area contributed by atoms with Gasteiger partial charge in [0.15, 0.2) is 16.6 Å². The second kappa shape index (κ2) is 9.23. The SMILES string of the molecule is COc1cc(N2CC(C(=O)Nc3nc(-c4cccnc4)cs3)CC2=O)cc(OC)c1OC. The van der Waals surface area contributed by atoms with Crippen LogP contribution in [0.5, 0.6) is 17.2 Å². The summed E-state index contributed by atoms with van der Waals surface area (Å²) >= 11 is 1.33. The summed E-state index contributed by atoms with van der Waals surface area (Å²) in [7, 11) is 4.54. The molecule has 166 valence electrons. The second-order valence-corrected chi connectivity index (χ2v) is 7.92. The smallest absolute Gasteiger partial charge is 0.231 e. The van der Waals surface area contributed by atoms with Gasteiger partial charge in [-0.2, -0.15) is 0 Å². The van der Waals surface area contributed by atoms with Gasteiger partial charge in [-0.1, -0.05) is 0 Å². The average molecular weight is 455 g/mol. The van der Waals surface area contributed by atoms with Crippen molar-refractivity contribution in [1.82, 2.24) is 9.97 Å². The van der Waals surface area contributed by atoms with Crippen LogP contribution in [0.4, 0.5) is 10.8 Å². The molecule has 2 amide bonds. The highest BCUT2D eigenvalue weighted by Gasteiger charge is 2.36. The molecular formula is C22H22N4O5S. The lowest BCUT2D eigenvalue weighted by atomic mass is 10.1. The summed E-state index contributed by atoms with van der Waals surface area (Å²) in [5.41, 5.74) is 2.18. The van der Waals surface area contributed by atoms with E-state index in [2.05, 4.69) is 15.3 Å². The van der Waals surface area contributed by atoms with Crippen molar-refractivity contribution in [3.63, 3.8) is 0 Å². The first-order valence-corrected chi connectivity index (χ1v) is 10.7. The Morgan fingerprint density at radius 1 is 1.19 bits per heavy atom. The van der Waals surface area contributed by atoms with Crippen LogP contribution in [0.1, 0.15) is 6.42 Å². The van der Waals surface area contributed by atoms with E-state index in [1.165, 1.54) is 32.7 Å². The van der Waals surface area contributed by atoms with E-state index < -0.39 is 5.92 Å². The highest BCUT2D eigenvalue weighted by molar-refractivity contribution is 7.14. The number of carbonyl (C=O) groups is 2. The molecule has 0 saturated carbocycles. The Kier molecular flexibility index (Phi) is 6.22. The summed E-state index contributed by atoms with van der Waals surface area (Å²) in [5, 5.41) is 5.16. The molecule has 1 N–H and O–H groups in total. The molecule has 3 heterocycles. The molecule has 2 aromatic heterocycles. The zero-order chi connectivity index (χ0) is 22.7. The standard InChI is InChI=1S/C22H22N4O5S/c1-29-17-8-15(9-18(30-2)20(17)31-3)26-11-14(7-19(26)27)21(28)25-22-24-16(12-32-22)13-5-4-6-23-10-13/h4-6,8-10,12,14H,7,11H2,1-3H3,(H,24,25,28). The van der Waals surface area contributed by atoms with Gasteiger partial charge in [0.05, 0.1) is 38.6 Å². The van der Waals surface area contributed by atoms with Crippen molar-refractivity contribution in [3.05, 3.63) is 42.0 Å². The first-order chi connectivity index (χ1) is 15.5. The van der Waals surface area contributed by atoms with E-state index in [0.717, 1.165) is 11.3 Å². The maximum absolute atomic E-state index is 12.8. The molecule has 10 heteroatoms. The molecule has 1 atom stereocenters. The predicted octanol–water partition coefficient (Wildman–Crippen LogP) is 3.22. The molecule has 1 saturated heterocycles. The molecule has 4 rings (SSSR count). The highest BCUT2D eigenvalue weighted by atomic mass is 32.1. The second-order valence-electron chi connectivity index (χ2n) is 7.06. The van der Waals surface area contributed by atoms with Gasteiger partial charge in [0.25, 0.3) is 0 Å². The summed E-state index contributed by atoms with van der Waals surface area (Å²) in [6, 6.07) is 7.12. The van der Waals surface area contributed by atoms with Gasteiger partial charge in [-0.15, -0.1) is 11.3 Å². The third kappa shape index (κ3) is 4.22. The molecule has 1 aromatic carbocycles. The molecule has 1 aliphatic heterocycles. The van der Waals surface area contributed by atoms with Crippen LogP contribution in [0.3, 0.4) is 0 Å². The van der Waals surface area contributed by atoms with Crippen molar-refractivity contribution in [2.45, 2.75) is 6.42 Å². The number of ether oxygens (including phenoxy) is 3. The van der Waals surface area contributed by atoms with Crippen molar-refractivity contribution in [2.75, 3.05) is 38.1 Å². The number of nitrogens with zero attached hydrogens (tertiary/aromatic N) is 3. The molecule has 0 bridgehead atoms. The first-order valence-electron chi connectivity index (χ1n) is 9.81. The van der Waals surface area contributed by atoms with Crippen molar-refractivity contribution >= 4 is 34.0 Å². The number of nitrogens with one attached hydrogen (secondary N) is 1. The number of rotatable bonds is 7. The van der Waals surface area contributed by atoms with Crippen LogP contribution in [-0.2, 0) is 9.59 Å². The summed E-state index contributed by atoms with van der Waals surface area (Å²) in [6.07, 6.45) is 3.50. The number of methoxy groups -OCH3 is 3. The average Bonchev–Trinajstić information content (AvgIpc) is 3.45. The predicted molar refractivity (Wildman–Crippen MR) is 121 cm³/mol. The van der Waals surface area contributed by atoms with Crippen molar-refractivity contribution in [3.8, 4) is 28.5 Å². The van der Waals surface area contributed by atoms with E-state index in [9.17, 15) is 9.59 Å². The number of benzene rings is 1. The van der Waals surface area contributed by atoms with Gasteiger partial charge in [0.1, 0.15) is 0 Å². The van der Waals surface area contributed by atoms with Gasteiger partial charge in [0, 0.05) is 48.4 Å². The third-order valence-corrected chi connectivity index (χ3v) is 5.91. The Bertz CT molecular complexity index is 1110. The monoisotopic (exact) mass is 454 g/mol. The maximum atomic E-state index is 12.8. The van der Waals surface area contributed by atoms with E-state index in [1.54, 1.807) is 29.4 Å². The number of anilines is 2. The number of thiazole rings is 1. The van der Waals surface area contributed by atoms with E-state index >= 15 is 0 Å². The van der Waals surface area contributed by atoms with Crippen molar-refractivity contribution in [1.29, 1.82) is 0 Å². The van der Waals surface area contributed by atoms with Crippen LogP contribution in [0.2, 0.25) is 0 Å². The third-order valence-electron chi connectivity index (χ3n) is 5.15. The number of pyridine rings is 1. The maximum Gasteiger partial charge on any atom is 0.231 e. The van der Waals surface area contributed by atoms with Crippen LogP contribution in [0.25, 0.3) is 11.3 Å². The van der Waals surface area contributed by atoms with Crippen LogP contribution < -0.4 is 24.4 Å². The highest BCUT2D eigenvalue weighted by Crippen LogP contribution is 2.42. The zero-order valence-electron chi connectivity index (χ0n) is 17.8. The largest absolute Gasteiger partial charge is 0.493 e.